The minimum atomic E-state index is -0.140. The first-order valence-corrected chi connectivity index (χ1v) is 19.5. The zero-order valence-corrected chi connectivity index (χ0v) is 34.3. The van der Waals surface area contributed by atoms with Crippen LogP contribution in [0.15, 0.2) is 24.3 Å². The lowest BCUT2D eigenvalue weighted by atomic mass is 9.70. The summed E-state index contributed by atoms with van der Waals surface area (Å²) in [7, 11) is 0. The Morgan fingerprint density at radius 2 is 1.40 bits per heavy atom. The number of fused-ring (bicyclic) bond motifs is 1. The maximum absolute atomic E-state index is 13.9. The first-order valence-electron chi connectivity index (χ1n) is 19.5. The molecule has 0 bridgehead atoms. The molecule has 50 heavy (non-hydrogen) atoms. The predicted octanol–water partition coefficient (Wildman–Crippen LogP) is 11.6. The number of rotatable bonds is 14. The average Bonchev–Trinajstić information content (AvgIpc) is 2.97. The molecule has 0 radical (unpaired) electrons. The topological polar surface area (TPSA) is 68.3 Å². The molecule has 1 aliphatic carbocycles. The number of benzene rings is 2. The normalized spacial score (nSPS) is 16.0. The number of ketones is 4. The predicted molar refractivity (Wildman–Crippen MR) is 211 cm³/mol. The van der Waals surface area contributed by atoms with Crippen LogP contribution >= 0.6 is 0 Å². The molecule has 2 aromatic carbocycles. The first kappa shape index (κ1) is 43.3. The molecule has 4 nitrogen and oxygen atoms in total. The summed E-state index contributed by atoms with van der Waals surface area (Å²) < 4.78 is 0. The molecule has 0 saturated heterocycles. The van der Waals surface area contributed by atoms with Crippen molar-refractivity contribution in [2.75, 3.05) is 0 Å². The van der Waals surface area contributed by atoms with Crippen molar-refractivity contribution in [1.82, 2.24) is 0 Å². The molecule has 0 N–H and O–H groups in total. The third kappa shape index (κ3) is 11.8. The molecule has 0 spiro atoms. The molecule has 278 valence electrons. The monoisotopic (exact) mass is 687 g/mol. The summed E-state index contributed by atoms with van der Waals surface area (Å²) in [5, 5.41) is 0. The maximum atomic E-state index is 13.9. The van der Waals surface area contributed by atoms with Crippen LogP contribution in [0.5, 0.6) is 0 Å². The van der Waals surface area contributed by atoms with E-state index in [1.165, 1.54) is 30.0 Å². The summed E-state index contributed by atoms with van der Waals surface area (Å²) in [5.41, 5.74) is 8.57. The van der Waals surface area contributed by atoms with Gasteiger partial charge in [0.25, 0.3) is 0 Å². The van der Waals surface area contributed by atoms with Crippen LogP contribution in [0.1, 0.15) is 190 Å². The molecule has 0 aromatic heterocycles. The SMILES string of the molecule is CCC.CCCC(CC1CC(=O)c2c(C)c(CC(=O)Cc3cc(C(C)(C)C)cc(C(C)(C)C)c3)cc(C(C)C)c2C1)C(CC)C(=O)CC(C)=O. The van der Waals surface area contributed by atoms with Crippen molar-refractivity contribution in [2.24, 2.45) is 17.8 Å². The van der Waals surface area contributed by atoms with Crippen molar-refractivity contribution < 1.29 is 19.2 Å². The molecule has 0 amide bonds. The molecule has 0 aliphatic heterocycles. The van der Waals surface area contributed by atoms with Crippen LogP contribution in [-0.2, 0) is 44.5 Å². The summed E-state index contributed by atoms with van der Waals surface area (Å²) in [6, 6.07) is 8.87. The van der Waals surface area contributed by atoms with Gasteiger partial charge in [0.05, 0.1) is 6.42 Å². The summed E-state index contributed by atoms with van der Waals surface area (Å²) in [6.07, 6.45) is 6.66. The largest absolute Gasteiger partial charge is 0.300 e. The molecule has 1 aliphatic rings. The van der Waals surface area contributed by atoms with Gasteiger partial charge in [0.15, 0.2) is 5.78 Å². The maximum Gasteiger partial charge on any atom is 0.163 e. The molecule has 3 atom stereocenters. The number of carbonyl (C=O) groups excluding carboxylic acids is 4. The van der Waals surface area contributed by atoms with E-state index in [0.717, 1.165) is 59.9 Å². The van der Waals surface area contributed by atoms with Crippen molar-refractivity contribution in [3.63, 3.8) is 0 Å². The Balaban J connectivity index is 0.00000278. The van der Waals surface area contributed by atoms with Crippen molar-refractivity contribution in [3.05, 3.63) is 68.8 Å². The Labute approximate surface area is 306 Å². The van der Waals surface area contributed by atoms with Crippen molar-refractivity contribution in [2.45, 2.75) is 178 Å². The average molecular weight is 687 g/mol. The standard InChI is InChI=1S/C43H62O4.C3H8/c1-13-15-31(36(14-2)39(46)16-27(5)44)17-29-21-38-37(26(3)4)24-32(28(6)41(38)40(47)22-29)23-35(45)20-30-18-33(42(7,8)9)25-34(19-30)43(10,11)12;1-3-2/h18-19,24-26,29,31,36H,13-17,20-23H2,1-12H3;3H2,1-2H3. The summed E-state index contributed by atoms with van der Waals surface area (Å²) in [5.74, 6) is 0.718. The number of hydrogen-bond acceptors (Lipinski definition) is 4. The Bertz CT molecular complexity index is 1460. The lowest BCUT2D eigenvalue weighted by Crippen LogP contribution is -2.30. The minimum absolute atomic E-state index is 0.00309. The fraction of sp³-hybridized carbons (Fsp3) is 0.652. The van der Waals surface area contributed by atoms with Crippen LogP contribution in [0.25, 0.3) is 0 Å². The lowest BCUT2D eigenvalue weighted by Gasteiger charge is -2.33. The first-order chi connectivity index (χ1) is 23.2. The Hall–Kier alpha value is -2.88. The van der Waals surface area contributed by atoms with Crippen molar-refractivity contribution in [1.29, 1.82) is 0 Å². The van der Waals surface area contributed by atoms with Gasteiger partial charge in [-0.2, -0.15) is 0 Å². The van der Waals surface area contributed by atoms with Gasteiger partial charge in [-0.3, -0.25) is 19.2 Å². The van der Waals surface area contributed by atoms with E-state index in [-0.39, 0.29) is 64.1 Å². The molecular weight excluding hydrogens is 617 g/mol. The van der Waals surface area contributed by atoms with E-state index in [0.29, 0.717) is 19.3 Å². The van der Waals surface area contributed by atoms with E-state index in [1.807, 2.05) is 13.8 Å². The highest BCUT2D eigenvalue weighted by molar-refractivity contribution is 6.01. The van der Waals surface area contributed by atoms with Gasteiger partial charge in [-0.25, -0.2) is 0 Å². The Kier molecular flexibility index (Phi) is 16.1. The van der Waals surface area contributed by atoms with E-state index < -0.39 is 0 Å². The second-order valence-corrected chi connectivity index (χ2v) is 17.6. The van der Waals surface area contributed by atoms with Crippen LogP contribution in [0.3, 0.4) is 0 Å². The Morgan fingerprint density at radius 3 is 1.86 bits per heavy atom. The molecule has 0 saturated carbocycles. The van der Waals surface area contributed by atoms with Gasteiger partial charge in [-0.15, -0.1) is 0 Å². The number of carbonyl (C=O) groups is 4. The summed E-state index contributed by atoms with van der Waals surface area (Å²) in [6.45, 7) is 29.6. The van der Waals surface area contributed by atoms with Gasteiger partial charge in [0.2, 0.25) is 0 Å². The molecule has 3 unspecified atom stereocenters. The molecule has 2 aromatic rings. The minimum Gasteiger partial charge on any atom is -0.300 e. The van der Waals surface area contributed by atoms with Gasteiger partial charge in [0.1, 0.15) is 17.3 Å². The van der Waals surface area contributed by atoms with Crippen LogP contribution < -0.4 is 0 Å². The zero-order chi connectivity index (χ0) is 38.1. The van der Waals surface area contributed by atoms with E-state index in [2.05, 4.69) is 100 Å². The highest BCUT2D eigenvalue weighted by atomic mass is 16.1. The number of hydrogen-bond donors (Lipinski definition) is 0. The summed E-state index contributed by atoms with van der Waals surface area (Å²) in [4.78, 5) is 52.4. The van der Waals surface area contributed by atoms with Crippen molar-refractivity contribution >= 4 is 23.1 Å². The van der Waals surface area contributed by atoms with Crippen LogP contribution in [0.4, 0.5) is 0 Å². The summed E-state index contributed by atoms with van der Waals surface area (Å²) >= 11 is 0. The fourth-order valence-electron chi connectivity index (χ4n) is 7.75. The fourth-order valence-corrected chi connectivity index (χ4v) is 7.75. The van der Waals surface area contributed by atoms with Crippen LogP contribution in [0, 0.1) is 24.7 Å². The van der Waals surface area contributed by atoms with Crippen LogP contribution in [0.2, 0.25) is 0 Å². The third-order valence-corrected chi connectivity index (χ3v) is 10.4. The van der Waals surface area contributed by atoms with E-state index in [1.54, 1.807) is 0 Å². The molecule has 0 heterocycles. The lowest BCUT2D eigenvalue weighted by molar-refractivity contribution is -0.130. The Morgan fingerprint density at radius 1 is 0.840 bits per heavy atom. The molecular formula is C46H70O4. The van der Waals surface area contributed by atoms with Crippen molar-refractivity contribution in [3.8, 4) is 0 Å². The third-order valence-electron chi connectivity index (χ3n) is 10.4. The van der Waals surface area contributed by atoms with Gasteiger partial charge in [-0.1, -0.05) is 127 Å². The smallest absolute Gasteiger partial charge is 0.163 e. The van der Waals surface area contributed by atoms with Crippen LogP contribution in [-0.4, -0.2) is 23.1 Å². The number of Topliss-reactive ketones (excluding diaryl/α,β-unsaturated/α-hetero) is 4. The second-order valence-electron chi connectivity index (χ2n) is 17.6. The highest BCUT2D eigenvalue weighted by Gasteiger charge is 2.35. The highest BCUT2D eigenvalue weighted by Crippen LogP contribution is 2.40. The second kappa shape index (κ2) is 18.6. The van der Waals surface area contributed by atoms with E-state index >= 15 is 0 Å². The molecule has 4 heteroatoms. The van der Waals surface area contributed by atoms with Gasteiger partial charge >= 0.3 is 0 Å². The molecule has 3 rings (SSSR count). The quantitative estimate of drug-likeness (QED) is 0.186. The zero-order valence-electron chi connectivity index (χ0n) is 34.3. The molecule has 0 fully saturated rings. The van der Waals surface area contributed by atoms with Gasteiger partial charge < -0.3 is 0 Å². The van der Waals surface area contributed by atoms with Gasteiger partial charge in [-0.05, 0) is 101 Å². The van der Waals surface area contributed by atoms with E-state index in [9.17, 15) is 19.2 Å². The van der Waals surface area contributed by atoms with Gasteiger partial charge in [0, 0.05) is 30.7 Å². The van der Waals surface area contributed by atoms with E-state index in [4.69, 9.17) is 0 Å².